The Morgan fingerprint density at radius 3 is 2.67 bits per heavy atom. The first-order valence-electron chi connectivity index (χ1n) is 9.88. The van der Waals surface area contributed by atoms with E-state index in [4.69, 9.17) is 0 Å². The summed E-state index contributed by atoms with van der Waals surface area (Å²) >= 11 is 1.53. The third-order valence-corrected chi connectivity index (χ3v) is 7.16. The van der Waals surface area contributed by atoms with E-state index in [2.05, 4.69) is 25.9 Å². The van der Waals surface area contributed by atoms with Crippen molar-refractivity contribution in [3.8, 4) is 0 Å². The minimum Gasteiger partial charge on any atom is -0.337 e. The summed E-state index contributed by atoms with van der Waals surface area (Å²) in [4.78, 5) is 23.0. The first-order chi connectivity index (χ1) is 13.0. The summed E-state index contributed by atoms with van der Waals surface area (Å²) in [6.45, 7) is 8.83. The molecular weight excluding hydrogens is 358 g/mol. The van der Waals surface area contributed by atoms with Gasteiger partial charge in [0, 0.05) is 44.8 Å². The second kappa shape index (κ2) is 7.36. The lowest BCUT2D eigenvalue weighted by Gasteiger charge is -2.48. The van der Waals surface area contributed by atoms with Gasteiger partial charge >= 0.3 is 0 Å². The van der Waals surface area contributed by atoms with E-state index in [-0.39, 0.29) is 11.3 Å². The molecule has 4 heterocycles. The van der Waals surface area contributed by atoms with Crippen LogP contribution in [-0.2, 0) is 13.6 Å². The van der Waals surface area contributed by atoms with Crippen molar-refractivity contribution in [2.45, 2.75) is 46.1 Å². The van der Waals surface area contributed by atoms with Gasteiger partial charge in [0.15, 0.2) is 0 Å². The lowest BCUT2D eigenvalue weighted by atomic mass is 9.73. The first kappa shape index (κ1) is 18.6. The highest BCUT2D eigenvalue weighted by Crippen LogP contribution is 2.39. The molecule has 0 aromatic carbocycles. The number of rotatable bonds is 3. The molecule has 146 valence electrons. The van der Waals surface area contributed by atoms with E-state index in [9.17, 15) is 4.79 Å². The molecule has 0 radical (unpaired) electrons. The molecule has 1 atom stereocenters. The fraction of sp³-hybridized carbons (Fsp3) is 0.650. The van der Waals surface area contributed by atoms with Gasteiger partial charge < -0.3 is 4.90 Å². The van der Waals surface area contributed by atoms with Gasteiger partial charge in [-0.3, -0.25) is 14.4 Å². The molecule has 1 amide bonds. The van der Waals surface area contributed by atoms with Crippen molar-refractivity contribution in [3.63, 3.8) is 0 Å². The molecular formula is C20H29N5OS. The Morgan fingerprint density at radius 2 is 2.00 bits per heavy atom. The van der Waals surface area contributed by atoms with Crippen molar-refractivity contribution in [2.75, 3.05) is 26.2 Å². The molecule has 2 aliphatic heterocycles. The van der Waals surface area contributed by atoms with E-state index in [0.717, 1.165) is 54.7 Å². The van der Waals surface area contributed by atoms with Crippen LogP contribution in [0.1, 0.15) is 51.8 Å². The van der Waals surface area contributed by atoms with Gasteiger partial charge in [0.25, 0.3) is 5.91 Å². The smallest absolute Gasteiger partial charge is 0.265 e. The van der Waals surface area contributed by atoms with Crippen LogP contribution in [0, 0.1) is 19.3 Å². The lowest BCUT2D eigenvalue weighted by molar-refractivity contribution is 0.0109. The van der Waals surface area contributed by atoms with Crippen LogP contribution in [0.15, 0.2) is 12.3 Å². The highest BCUT2D eigenvalue weighted by molar-refractivity contribution is 7.13. The van der Waals surface area contributed by atoms with E-state index in [1.807, 2.05) is 31.8 Å². The number of carbonyl (C=O) groups is 1. The zero-order chi connectivity index (χ0) is 19.0. The quantitative estimate of drug-likeness (QED) is 0.812. The summed E-state index contributed by atoms with van der Waals surface area (Å²) < 4.78 is 1.97. The van der Waals surface area contributed by atoms with Crippen LogP contribution < -0.4 is 0 Å². The number of carbonyl (C=O) groups excluding carboxylic acids is 1. The summed E-state index contributed by atoms with van der Waals surface area (Å²) in [7, 11) is 2.01. The summed E-state index contributed by atoms with van der Waals surface area (Å²) in [5, 5.41) is 5.27. The molecule has 2 aromatic heterocycles. The Hall–Kier alpha value is -1.73. The Kier molecular flexibility index (Phi) is 5.07. The predicted molar refractivity (Wildman–Crippen MR) is 107 cm³/mol. The van der Waals surface area contributed by atoms with E-state index in [1.54, 1.807) is 0 Å². The fourth-order valence-electron chi connectivity index (χ4n) is 4.82. The molecule has 0 saturated carbocycles. The number of thiazole rings is 1. The third kappa shape index (κ3) is 3.80. The first-order valence-corrected chi connectivity index (χ1v) is 10.7. The van der Waals surface area contributed by atoms with Crippen molar-refractivity contribution in [3.05, 3.63) is 33.5 Å². The normalized spacial score (nSPS) is 23.9. The zero-order valence-corrected chi connectivity index (χ0v) is 17.4. The molecule has 2 aliphatic rings. The molecule has 6 nitrogen and oxygen atoms in total. The number of aromatic nitrogens is 3. The van der Waals surface area contributed by atoms with Gasteiger partial charge in [0.05, 0.1) is 16.4 Å². The van der Waals surface area contributed by atoms with Crippen molar-refractivity contribution < 1.29 is 4.79 Å². The van der Waals surface area contributed by atoms with Crippen LogP contribution in [-0.4, -0.2) is 56.7 Å². The summed E-state index contributed by atoms with van der Waals surface area (Å²) in [6, 6.07) is 2.10. The van der Waals surface area contributed by atoms with E-state index in [0.29, 0.717) is 0 Å². The number of nitrogens with zero attached hydrogens (tertiary/aromatic N) is 5. The number of likely N-dealkylation sites (tertiary alicyclic amines) is 2. The standard InChI is InChI=1S/C20H29N5OS/c1-15-18(27-16(2)22-15)19(26)25-11-5-8-20(14-25)7-4-10-24(13-20)12-17-6-9-21-23(17)3/h6,9H,4-5,7-8,10-14H2,1-3H3. The number of hydrogen-bond acceptors (Lipinski definition) is 5. The minimum absolute atomic E-state index is 0.181. The Morgan fingerprint density at radius 1 is 1.22 bits per heavy atom. The summed E-state index contributed by atoms with van der Waals surface area (Å²) in [5.74, 6) is 0.181. The van der Waals surface area contributed by atoms with E-state index in [1.165, 1.54) is 36.3 Å². The van der Waals surface area contributed by atoms with Crippen LogP contribution in [0.4, 0.5) is 0 Å². The highest BCUT2D eigenvalue weighted by atomic mass is 32.1. The van der Waals surface area contributed by atoms with Crippen molar-refractivity contribution in [1.29, 1.82) is 0 Å². The number of amides is 1. The topological polar surface area (TPSA) is 54.3 Å². The van der Waals surface area contributed by atoms with Gasteiger partial charge in [-0.15, -0.1) is 11.3 Å². The van der Waals surface area contributed by atoms with Gasteiger partial charge in [-0.05, 0) is 52.1 Å². The third-order valence-electron chi connectivity index (χ3n) is 6.09. The lowest BCUT2D eigenvalue weighted by Crippen LogP contribution is -2.53. The summed E-state index contributed by atoms with van der Waals surface area (Å²) in [6.07, 6.45) is 6.62. The van der Waals surface area contributed by atoms with Crippen molar-refractivity contribution in [1.82, 2.24) is 24.6 Å². The number of aryl methyl sites for hydroxylation is 3. The second-order valence-corrected chi connectivity index (χ2v) is 9.44. The van der Waals surface area contributed by atoms with E-state index < -0.39 is 0 Å². The monoisotopic (exact) mass is 387 g/mol. The number of hydrogen-bond donors (Lipinski definition) is 0. The SMILES string of the molecule is Cc1nc(C)c(C(=O)N2CCCC3(CCCN(Cc4ccnn4C)C3)C2)s1. The summed E-state index contributed by atoms with van der Waals surface area (Å²) in [5.41, 5.74) is 2.37. The van der Waals surface area contributed by atoms with E-state index >= 15 is 0 Å². The van der Waals surface area contributed by atoms with Crippen LogP contribution >= 0.6 is 11.3 Å². The molecule has 1 spiro atoms. The van der Waals surface area contributed by atoms with Gasteiger partial charge in [-0.1, -0.05) is 0 Å². The van der Waals surface area contributed by atoms with Crippen molar-refractivity contribution >= 4 is 17.2 Å². The average Bonchev–Trinajstić information content (AvgIpc) is 3.19. The number of piperidine rings is 2. The van der Waals surface area contributed by atoms with Gasteiger partial charge in [0.1, 0.15) is 4.88 Å². The highest BCUT2D eigenvalue weighted by Gasteiger charge is 2.41. The van der Waals surface area contributed by atoms with Crippen LogP contribution in [0.2, 0.25) is 0 Å². The molecule has 2 fully saturated rings. The molecule has 0 N–H and O–H groups in total. The molecule has 2 aromatic rings. The molecule has 7 heteroatoms. The maximum Gasteiger partial charge on any atom is 0.265 e. The molecule has 0 aliphatic carbocycles. The second-order valence-electron chi connectivity index (χ2n) is 8.24. The molecule has 27 heavy (non-hydrogen) atoms. The van der Waals surface area contributed by atoms with Gasteiger partial charge in [-0.2, -0.15) is 5.10 Å². The molecule has 4 rings (SSSR count). The molecule has 1 unspecified atom stereocenters. The maximum absolute atomic E-state index is 13.1. The molecule has 2 saturated heterocycles. The average molecular weight is 388 g/mol. The Balaban J connectivity index is 1.47. The largest absolute Gasteiger partial charge is 0.337 e. The van der Waals surface area contributed by atoms with Crippen molar-refractivity contribution in [2.24, 2.45) is 12.5 Å². The van der Waals surface area contributed by atoms with Gasteiger partial charge in [0.2, 0.25) is 0 Å². The Labute approximate surface area is 165 Å². The minimum atomic E-state index is 0.181. The zero-order valence-electron chi connectivity index (χ0n) is 16.6. The van der Waals surface area contributed by atoms with Gasteiger partial charge in [-0.25, -0.2) is 4.98 Å². The molecule has 0 bridgehead atoms. The maximum atomic E-state index is 13.1. The fourth-order valence-corrected chi connectivity index (χ4v) is 5.71. The Bertz CT molecular complexity index is 824. The van der Waals surface area contributed by atoms with Crippen LogP contribution in [0.3, 0.4) is 0 Å². The predicted octanol–water partition coefficient (Wildman–Crippen LogP) is 3.01. The van der Waals surface area contributed by atoms with Crippen LogP contribution in [0.5, 0.6) is 0 Å². The van der Waals surface area contributed by atoms with Crippen LogP contribution in [0.25, 0.3) is 0 Å².